The summed E-state index contributed by atoms with van der Waals surface area (Å²) in [5.74, 6) is 0.128. The van der Waals surface area contributed by atoms with Crippen LogP contribution < -0.4 is 4.90 Å². The summed E-state index contributed by atoms with van der Waals surface area (Å²) in [5.41, 5.74) is 6.85. The Hall–Kier alpha value is -3.41. The monoisotopic (exact) mass is 514 g/mol. The van der Waals surface area contributed by atoms with Crippen LogP contribution in [0.1, 0.15) is 78.7 Å². The number of rotatable bonds is 7. The second-order valence-electron chi connectivity index (χ2n) is 11.4. The van der Waals surface area contributed by atoms with E-state index in [2.05, 4.69) is 42.8 Å². The lowest BCUT2D eigenvalue weighted by molar-refractivity contribution is -0.144. The first-order valence-corrected chi connectivity index (χ1v) is 13.9. The van der Waals surface area contributed by atoms with Crippen LogP contribution in [-0.2, 0) is 19.7 Å². The van der Waals surface area contributed by atoms with Crippen molar-refractivity contribution in [3.8, 4) is 0 Å². The van der Waals surface area contributed by atoms with E-state index in [4.69, 9.17) is 4.74 Å². The number of carbonyl (C=O) groups is 2. The minimum atomic E-state index is -0.395. The van der Waals surface area contributed by atoms with Crippen molar-refractivity contribution in [1.29, 1.82) is 0 Å². The number of nitrogens with zero attached hydrogens (tertiary/aromatic N) is 2. The number of aliphatic imine (C=N–C) groups is 1. The number of Topliss-reactive ketones (excluding diaryl/α,β-unsaturated/α-hetero) is 1. The summed E-state index contributed by atoms with van der Waals surface area (Å²) in [4.78, 5) is 32.5. The van der Waals surface area contributed by atoms with Gasteiger partial charge in [-0.3, -0.25) is 14.6 Å². The van der Waals surface area contributed by atoms with Crippen molar-refractivity contribution in [2.45, 2.75) is 78.6 Å². The van der Waals surface area contributed by atoms with Gasteiger partial charge in [-0.05, 0) is 67.9 Å². The normalized spacial score (nSPS) is 23.9. The smallest absolute Gasteiger partial charge is 0.306 e. The number of carbonyl (C=O) groups excluding carboxylic acids is 2. The Balaban J connectivity index is 1.43. The maximum atomic E-state index is 13.4. The van der Waals surface area contributed by atoms with Gasteiger partial charge < -0.3 is 14.7 Å². The second kappa shape index (κ2) is 10.0. The van der Waals surface area contributed by atoms with Crippen LogP contribution in [0.4, 0.5) is 5.69 Å². The van der Waals surface area contributed by atoms with E-state index in [1.807, 2.05) is 32.1 Å². The third-order valence-corrected chi connectivity index (χ3v) is 8.67. The highest BCUT2D eigenvalue weighted by Crippen LogP contribution is 2.49. The van der Waals surface area contributed by atoms with Gasteiger partial charge in [-0.1, -0.05) is 51.8 Å². The molecule has 2 aliphatic heterocycles. The number of ketones is 1. The number of allylic oxidation sites excluding steroid dienone is 6. The molecule has 6 heteroatoms. The molecule has 0 aromatic heterocycles. The van der Waals surface area contributed by atoms with E-state index in [-0.39, 0.29) is 24.1 Å². The Bertz CT molecular complexity index is 1350. The minimum Gasteiger partial charge on any atom is -0.506 e. The average Bonchev–Trinajstić information content (AvgIpc) is 3.54. The van der Waals surface area contributed by atoms with E-state index in [1.165, 1.54) is 12.8 Å². The fraction of sp³-hybridized carbons (Fsp3) is 0.469. The van der Waals surface area contributed by atoms with Crippen LogP contribution in [0.25, 0.3) is 0 Å². The molecule has 0 atom stereocenters. The molecule has 0 spiro atoms. The molecular formula is C32H38N2O4. The number of aliphatic hydroxyl groups is 1. The molecule has 1 fully saturated rings. The third kappa shape index (κ3) is 4.34. The van der Waals surface area contributed by atoms with Gasteiger partial charge >= 0.3 is 5.97 Å². The van der Waals surface area contributed by atoms with Crippen LogP contribution in [0, 0.1) is 5.92 Å². The molecule has 38 heavy (non-hydrogen) atoms. The van der Waals surface area contributed by atoms with E-state index in [0.29, 0.717) is 35.7 Å². The molecule has 1 saturated carbocycles. The van der Waals surface area contributed by atoms with E-state index in [0.717, 1.165) is 53.1 Å². The molecule has 0 radical (unpaired) electrons. The van der Waals surface area contributed by atoms with Crippen LogP contribution in [0.15, 0.2) is 74.8 Å². The van der Waals surface area contributed by atoms with Gasteiger partial charge in [-0.25, -0.2) is 0 Å². The maximum absolute atomic E-state index is 13.4. The molecule has 1 aromatic rings. The zero-order chi connectivity index (χ0) is 27.2. The number of fused-ring (bicyclic) bond motifs is 1. The molecule has 2 aliphatic carbocycles. The predicted octanol–water partition coefficient (Wildman–Crippen LogP) is 6.64. The Morgan fingerprint density at radius 3 is 2.58 bits per heavy atom. The van der Waals surface area contributed by atoms with Gasteiger partial charge in [-0.15, -0.1) is 0 Å². The molecule has 1 aromatic carbocycles. The molecule has 0 amide bonds. The van der Waals surface area contributed by atoms with Crippen LogP contribution in [0.5, 0.6) is 0 Å². The number of esters is 1. The van der Waals surface area contributed by atoms with Gasteiger partial charge in [0.25, 0.3) is 0 Å². The summed E-state index contributed by atoms with van der Waals surface area (Å²) in [5, 5.41) is 11.1. The van der Waals surface area contributed by atoms with Crippen molar-refractivity contribution >= 4 is 23.2 Å². The third-order valence-electron chi connectivity index (χ3n) is 8.67. The SMILES string of the molecule is CCC1=C(C)/C(=C2/C(=O)C(/C=C3/N(CCOC(=O)CC4CCCC4)c4ccccc4C3(C)C)=C2O)N=C1C. The lowest BCUT2D eigenvalue weighted by Gasteiger charge is -2.29. The number of hydrogen-bond donors (Lipinski definition) is 1. The lowest BCUT2D eigenvalue weighted by Crippen LogP contribution is -2.32. The largest absolute Gasteiger partial charge is 0.506 e. The number of ether oxygens (including phenoxy) is 1. The fourth-order valence-corrected chi connectivity index (χ4v) is 6.51. The average molecular weight is 515 g/mol. The Morgan fingerprint density at radius 2 is 1.92 bits per heavy atom. The summed E-state index contributed by atoms with van der Waals surface area (Å²) in [7, 11) is 0. The number of hydrogen-bond acceptors (Lipinski definition) is 6. The molecule has 0 bridgehead atoms. The maximum Gasteiger partial charge on any atom is 0.306 e. The van der Waals surface area contributed by atoms with Crippen LogP contribution in [0.2, 0.25) is 0 Å². The highest BCUT2D eigenvalue weighted by molar-refractivity contribution is 6.22. The van der Waals surface area contributed by atoms with Gasteiger partial charge in [0, 0.05) is 28.9 Å². The number of benzene rings is 1. The molecule has 6 nitrogen and oxygen atoms in total. The second-order valence-corrected chi connectivity index (χ2v) is 11.4. The van der Waals surface area contributed by atoms with E-state index < -0.39 is 5.41 Å². The van der Waals surface area contributed by atoms with Gasteiger partial charge in [0.05, 0.1) is 23.4 Å². The first-order chi connectivity index (χ1) is 18.1. The van der Waals surface area contributed by atoms with Crippen molar-refractivity contribution < 1.29 is 19.4 Å². The summed E-state index contributed by atoms with van der Waals surface area (Å²) in [6, 6.07) is 8.15. The Morgan fingerprint density at radius 1 is 1.21 bits per heavy atom. The number of aliphatic hydroxyl groups excluding tert-OH is 1. The summed E-state index contributed by atoms with van der Waals surface area (Å²) < 4.78 is 5.65. The van der Waals surface area contributed by atoms with Gasteiger partial charge in [0.2, 0.25) is 5.78 Å². The minimum absolute atomic E-state index is 0.000417. The van der Waals surface area contributed by atoms with E-state index in [1.54, 1.807) is 0 Å². The first kappa shape index (κ1) is 26.2. The van der Waals surface area contributed by atoms with Crippen LogP contribution >= 0.6 is 0 Å². The summed E-state index contributed by atoms with van der Waals surface area (Å²) in [6.45, 7) is 11.0. The van der Waals surface area contributed by atoms with Crippen molar-refractivity contribution in [3.05, 3.63) is 75.4 Å². The molecule has 0 unspecified atom stereocenters. The standard InChI is InChI=1S/C32H38N2O4/c1-6-22-19(2)29(33-20(22)3)28-30(36)23(31(28)37)18-26-32(4,5)24-13-9-10-14-25(24)34(26)15-16-38-27(35)17-21-11-7-8-12-21/h9-10,13-14,18,21,36H,6-8,11-12,15-17H2,1-5H3/b26-18+,29-28-. The summed E-state index contributed by atoms with van der Waals surface area (Å²) >= 11 is 0. The van der Waals surface area contributed by atoms with Gasteiger partial charge in [-0.2, -0.15) is 0 Å². The van der Waals surface area contributed by atoms with Crippen molar-refractivity contribution in [1.82, 2.24) is 0 Å². The molecule has 4 aliphatic rings. The lowest BCUT2D eigenvalue weighted by atomic mass is 9.79. The number of anilines is 1. The zero-order valence-corrected chi connectivity index (χ0v) is 23.2. The van der Waals surface area contributed by atoms with E-state index >= 15 is 0 Å². The molecule has 2 heterocycles. The first-order valence-electron chi connectivity index (χ1n) is 13.9. The molecular weight excluding hydrogens is 476 g/mol. The predicted molar refractivity (Wildman–Crippen MR) is 150 cm³/mol. The highest BCUT2D eigenvalue weighted by atomic mass is 16.5. The zero-order valence-electron chi connectivity index (χ0n) is 23.2. The highest BCUT2D eigenvalue weighted by Gasteiger charge is 2.43. The summed E-state index contributed by atoms with van der Waals surface area (Å²) in [6.07, 6.45) is 7.77. The fourth-order valence-electron chi connectivity index (χ4n) is 6.51. The van der Waals surface area contributed by atoms with E-state index in [9.17, 15) is 14.7 Å². The molecule has 5 rings (SSSR count). The van der Waals surface area contributed by atoms with Gasteiger partial charge in [0.1, 0.15) is 12.4 Å². The van der Waals surface area contributed by atoms with Crippen LogP contribution in [-0.4, -0.2) is 35.7 Å². The van der Waals surface area contributed by atoms with Crippen molar-refractivity contribution in [2.24, 2.45) is 10.9 Å². The van der Waals surface area contributed by atoms with Crippen molar-refractivity contribution in [3.63, 3.8) is 0 Å². The molecule has 200 valence electrons. The molecule has 1 N–H and O–H groups in total. The Labute approximate surface area is 225 Å². The van der Waals surface area contributed by atoms with Crippen molar-refractivity contribution in [2.75, 3.05) is 18.1 Å². The van der Waals surface area contributed by atoms with Crippen LogP contribution in [0.3, 0.4) is 0 Å². The number of para-hydroxylation sites is 1. The molecule has 0 saturated heterocycles. The Kier molecular flexibility index (Phi) is 6.93. The topological polar surface area (TPSA) is 79.2 Å². The van der Waals surface area contributed by atoms with Gasteiger partial charge in [0.15, 0.2) is 0 Å². The quantitative estimate of drug-likeness (QED) is 0.326.